The summed E-state index contributed by atoms with van der Waals surface area (Å²) >= 11 is 0. The van der Waals surface area contributed by atoms with Crippen LogP contribution in [-0.2, 0) is 6.54 Å². The maximum absolute atomic E-state index is 12.8. The van der Waals surface area contributed by atoms with E-state index in [0.29, 0.717) is 5.92 Å². The molecule has 0 aromatic carbocycles. The molecule has 1 amide bonds. The van der Waals surface area contributed by atoms with E-state index < -0.39 is 0 Å². The van der Waals surface area contributed by atoms with Gasteiger partial charge in [-0.2, -0.15) is 5.10 Å². The van der Waals surface area contributed by atoms with Crippen LogP contribution in [0.2, 0.25) is 0 Å². The Hall–Kier alpha value is -1.91. The van der Waals surface area contributed by atoms with Crippen LogP contribution in [0.5, 0.6) is 0 Å². The predicted molar refractivity (Wildman–Crippen MR) is 96.4 cm³/mol. The largest absolute Gasteiger partial charge is 0.350 e. The molecular formula is C19H28N4O. The molecule has 1 saturated carbocycles. The van der Waals surface area contributed by atoms with Crippen LogP contribution >= 0.6 is 0 Å². The van der Waals surface area contributed by atoms with E-state index in [1.807, 2.05) is 24.6 Å². The lowest BCUT2D eigenvalue weighted by molar-refractivity contribution is 0.0940. The third-order valence-electron chi connectivity index (χ3n) is 4.85. The summed E-state index contributed by atoms with van der Waals surface area (Å²) in [5, 5.41) is 8.68. The second kappa shape index (κ2) is 6.91. The molecule has 2 heterocycles. The summed E-state index contributed by atoms with van der Waals surface area (Å²) in [7, 11) is 0. The van der Waals surface area contributed by atoms with Crippen molar-refractivity contribution >= 4 is 16.9 Å². The van der Waals surface area contributed by atoms with Crippen LogP contribution in [-0.4, -0.2) is 26.7 Å². The number of aryl methyl sites for hydroxylation is 2. The molecule has 1 fully saturated rings. The van der Waals surface area contributed by atoms with E-state index in [9.17, 15) is 4.79 Å². The Kier molecular flexibility index (Phi) is 4.88. The molecule has 0 aliphatic heterocycles. The highest BCUT2D eigenvalue weighted by molar-refractivity contribution is 6.06. The third kappa shape index (κ3) is 3.30. The molecule has 130 valence electrons. The molecule has 3 rings (SSSR count). The van der Waals surface area contributed by atoms with Crippen molar-refractivity contribution < 1.29 is 4.79 Å². The number of nitrogens with one attached hydrogen (secondary N) is 1. The number of rotatable bonds is 7. The van der Waals surface area contributed by atoms with Crippen LogP contribution in [0.1, 0.15) is 80.5 Å². The molecule has 2 aromatic rings. The molecule has 0 bridgehead atoms. The number of carbonyl (C=O) groups excluding carboxylic acids is 1. The van der Waals surface area contributed by atoms with Gasteiger partial charge < -0.3 is 5.32 Å². The molecule has 1 atom stereocenters. The van der Waals surface area contributed by atoms with Gasteiger partial charge in [-0.25, -0.2) is 9.67 Å². The van der Waals surface area contributed by atoms with Gasteiger partial charge in [-0.15, -0.1) is 0 Å². The van der Waals surface area contributed by atoms with Crippen molar-refractivity contribution in [2.24, 2.45) is 0 Å². The van der Waals surface area contributed by atoms with Crippen LogP contribution < -0.4 is 5.32 Å². The van der Waals surface area contributed by atoms with Crippen molar-refractivity contribution in [3.05, 3.63) is 23.0 Å². The number of fused-ring (bicyclic) bond motifs is 1. The Morgan fingerprint density at radius 1 is 1.42 bits per heavy atom. The van der Waals surface area contributed by atoms with Crippen LogP contribution in [0.15, 0.2) is 6.07 Å². The second-order valence-corrected chi connectivity index (χ2v) is 7.01. The monoisotopic (exact) mass is 328 g/mol. The zero-order valence-electron chi connectivity index (χ0n) is 15.2. The van der Waals surface area contributed by atoms with Gasteiger partial charge in [0.05, 0.1) is 16.6 Å². The van der Waals surface area contributed by atoms with Crippen molar-refractivity contribution in [1.29, 1.82) is 0 Å². The first-order valence-corrected chi connectivity index (χ1v) is 9.24. The highest BCUT2D eigenvalue weighted by Gasteiger charge is 2.28. The van der Waals surface area contributed by atoms with Gasteiger partial charge in [0.15, 0.2) is 5.65 Å². The molecule has 5 heteroatoms. The Labute approximate surface area is 143 Å². The molecule has 24 heavy (non-hydrogen) atoms. The normalized spacial score (nSPS) is 15.7. The van der Waals surface area contributed by atoms with Crippen LogP contribution in [0.25, 0.3) is 11.0 Å². The first-order chi connectivity index (χ1) is 11.5. The highest BCUT2D eigenvalue weighted by atomic mass is 16.1. The van der Waals surface area contributed by atoms with Crippen LogP contribution in [0.3, 0.4) is 0 Å². The summed E-state index contributed by atoms with van der Waals surface area (Å²) in [6.45, 7) is 9.12. The van der Waals surface area contributed by atoms with Gasteiger partial charge in [0, 0.05) is 24.2 Å². The molecule has 1 N–H and O–H groups in total. The van der Waals surface area contributed by atoms with E-state index in [4.69, 9.17) is 4.98 Å². The summed E-state index contributed by atoms with van der Waals surface area (Å²) in [4.78, 5) is 17.7. The second-order valence-electron chi connectivity index (χ2n) is 7.01. The number of pyridine rings is 1. The number of hydrogen-bond acceptors (Lipinski definition) is 3. The molecule has 0 spiro atoms. The summed E-state index contributed by atoms with van der Waals surface area (Å²) in [6, 6.07) is 2.16. The molecule has 1 aliphatic rings. The van der Waals surface area contributed by atoms with E-state index in [0.717, 1.165) is 53.8 Å². The zero-order chi connectivity index (χ0) is 17.3. The summed E-state index contributed by atoms with van der Waals surface area (Å²) in [5.41, 5.74) is 3.56. The number of unbranched alkanes of at least 4 members (excludes halogenated alkanes) is 1. The highest BCUT2D eigenvalue weighted by Crippen LogP contribution is 2.40. The number of hydrogen-bond donors (Lipinski definition) is 1. The lowest BCUT2D eigenvalue weighted by atomic mass is 10.1. The lowest BCUT2D eigenvalue weighted by Gasteiger charge is -2.13. The van der Waals surface area contributed by atoms with Crippen LogP contribution in [0.4, 0.5) is 0 Å². The van der Waals surface area contributed by atoms with Crippen molar-refractivity contribution in [1.82, 2.24) is 20.1 Å². The van der Waals surface area contributed by atoms with E-state index in [2.05, 4.69) is 24.3 Å². The standard InChI is InChI=1S/C19H28N4O/c1-5-7-10-23-18-17(13(4)22-23)15(19(24)20-12(3)6-2)11-16(21-18)14-8-9-14/h11-12,14H,5-10H2,1-4H3,(H,20,24). The fraction of sp³-hybridized carbons (Fsp3) is 0.632. The first kappa shape index (κ1) is 16.9. The average Bonchev–Trinajstić information content (AvgIpc) is 3.37. The minimum atomic E-state index is -0.00297. The van der Waals surface area contributed by atoms with Gasteiger partial charge in [-0.1, -0.05) is 20.3 Å². The fourth-order valence-corrected chi connectivity index (χ4v) is 3.01. The Balaban J connectivity index is 2.08. The molecular weight excluding hydrogens is 300 g/mol. The zero-order valence-corrected chi connectivity index (χ0v) is 15.2. The van der Waals surface area contributed by atoms with E-state index >= 15 is 0 Å². The summed E-state index contributed by atoms with van der Waals surface area (Å²) in [5.74, 6) is 0.510. The maximum atomic E-state index is 12.8. The average molecular weight is 328 g/mol. The van der Waals surface area contributed by atoms with E-state index in [-0.39, 0.29) is 11.9 Å². The maximum Gasteiger partial charge on any atom is 0.252 e. The molecule has 0 radical (unpaired) electrons. The van der Waals surface area contributed by atoms with Crippen molar-refractivity contribution in [3.8, 4) is 0 Å². The topological polar surface area (TPSA) is 59.8 Å². The molecule has 1 aliphatic carbocycles. The lowest BCUT2D eigenvalue weighted by Crippen LogP contribution is -2.32. The summed E-state index contributed by atoms with van der Waals surface area (Å²) < 4.78 is 1.99. The van der Waals surface area contributed by atoms with E-state index in [1.165, 1.54) is 12.8 Å². The fourth-order valence-electron chi connectivity index (χ4n) is 3.01. The van der Waals surface area contributed by atoms with Crippen LogP contribution in [0, 0.1) is 6.92 Å². The smallest absolute Gasteiger partial charge is 0.252 e. The van der Waals surface area contributed by atoms with Crippen molar-refractivity contribution in [2.45, 2.75) is 78.3 Å². The number of carbonyl (C=O) groups is 1. The Bertz CT molecular complexity index is 745. The van der Waals surface area contributed by atoms with E-state index in [1.54, 1.807) is 0 Å². The van der Waals surface area contributed by atoms with Crippen molar-refractivity contribution in [2.75, 3.05) is 0 Å². The number of nitrogens with zero attached hydrogens (tertiary/aromatic N) is 3. The molecule has 0 saturated heterocycles. The molecule has 2 aromatic heterocycles. The summed E-state index contributed by atoms with van der Waals surface area (Å²) in [6.07, 6.45) is 5.45. The van der Waals surface area contributed by atoms with Gasteiger partial charge in [-0.05, 0) is 45.6 Å². The quantitative estimate of drug-likeness (QED) is 0.837. The van der Waals surface area contributed by atoms with Gasteiger partial charge in [-0.3, -0.25) is 4.79 Å². The van der Waals surface area contributed by atoms with Gasteiger partial charge >= 0.3 is 0 Å². The predicted octanol–water partition coefficient (Wildman–Crippen LogP) is 3.95. The number of aromatic nitrogens is 3. The van der Waals surface area contributed by atoms with Gasteiger partial charge in [0.25, 0.3) is 5.91 Å². The SMILES string of the molecule is CCCCn1nc(C)c2c(C(=O)NC(C)CC)cc(C3CC3)nc21. The Morgan fingerprint density at radius 3 is 2.79 bits per heavy atom. The minimum Gasteiger partial charge on any atom is -0.350 e. The third-order valence-corrected chi connectivity index (χ3v) is 4.85. The first-order valence-electron chi connectivity index (χ1n) is 9.24. The van der Waals surface area contributed by atoms with Gasteiger partial charge in [0.1, 0.15) is 0 Å². The minimum absolute atomic E-state index is 0.00297. The van der Waals surface area contributed by atoms with Gasteiger partial charge in [0.2, 0.25) is 0 Å². The van der Waals surface area contributed by atoms with Crippen molar-refractivity contribution in [3.63, 3.8) is 0 Å². The molecule has 1 unspecified atom stereocenters. The molecule has 5 nitrogen and oxygen atoms in total. The Morgan fingerprint density at radius 2 is 2.17 bits per heavy atom. The number of amides is 1.